The number of thioether (sulfide) groups is 1. The van der Waals surface area contributed by atoms with Gasteiger partial charge < -0.3 is 18.9 Å². The van der Waals surface area contributed by atoms with Crippen molar-refractivity contribution >= 4 is 11.8 Å². The molecule has 32 heavy (non-hydrogen) atoms. The van der Waals surface area contributed by atoms with Crippen LogP contribution in [0, 0.1) is 6.92 Å². The SMILES string of the molecule is CCOc1ccc(-c2nc(CSc3nc(-c4cccc(OC)c4)cc(=O)[nH]3)c(C)o2)cc1. The molecule has 0 saturated heterocycles. The lowest BCUT2D eigenvalue weighted by molar-refractivity contribution is 0.340. The third-order valence-corrected chi connectivity index (χ3v) is 5.62. The molecular formula is C24H23N3O4S. The van der Waals surface area contributed by atoms with Crippen LogP contribution in [-0.2, 0) is 5.75 Å². The highest BCUT2D eigenvalue weighted by Gasteiger charge is 2.13. The first-order valence-electron chi connectivity index (χ1n) is 10.1. The average molecular weight is 450 g/mol. The molecule has 0 saturated carbocycles. The van der Waals surface area contributed by atoms with Crippen LogP contribution in [0.1, 0.15) is 18.4 Å². The molecule has 2 aromatic heterocycles. The zero-order valence-electron chi connectivity index (χ0n) is 18.0. The number of methoxy groups -OCH3 is 1. The van der Waals surface area contributed by atoms with Crippen molar-refractivity contribution in [3.63, 3.8) is 0 Å². The van der Waals surface area contributed by atoms with Crippen LogP contribution in [0.5, 0.6) is 11.5 Å². The van der Waals surface area contributed by atoms with E-state index in [1.54, 1.807) is 7.11 Å². The van der Waals surface area contributed by atoms with Gasteiger partial charge in [-0.1, -0.05) is 23.9 Å². The van der Waals surface area contributed by atoms with Gasteiger partial charge in [0.1, 0.15) is 17.3 Å². The minimum Gasteiger partial charge on any atom is -0.497 e. The lowest BCUT2D eigenvalue weighted by atomic mass is 10.1. The highest BCUT2D eigenvalue weighted by Crippen LogP contribution is 2.28. The molecule has 0 fully saturated rings. The van der Waals surface area contributed by atoms with Crippen molar-refractivity contribution in [2.45, 2.75) is 24.8 Å². The van der Waals surface area contributed by atoms with Gasteiger partial charge in [0.15, 0.2) is 5.16 Å². The van der Waals surface area contributed by atoms with Gasteiger partial charge in [-0.3, -0.25) is 4.79 Å². The van der Waals surface area contributed by atoms with E-state index >= 15 is 0 Å². The molecule has 8 heteroatoms. The Morgan fingerprint density at radius 1 is 1.03 bits per heavy atom. The maximum Gasteiger partial charge on any atom is 0.252 e. The van der Waals surface area contributed by atoms with Crippen molar-refractivity contribution < 1.29 is 13.9 Å². The van der Waals surface area contributed by atoms with Crippen LogP contribution in [0.4, 0.5) is 0 Å². The summed E-state index contributed by atoms with van der Waals surface area (Å²) in [5.74, 6) is 3.30. The zero-order valence-corrected chi connectivity index (χ0v) is 18.9. The molecule has 2 heterocycles. The fourth-order valence-corrected chi connectivity index (χ4v) is 3.99. The number of hydrogen-bond acceptors (Lipinski definition) is 7. The number of nitrogens with one attached hydrogen (secondary N) is 1. The van der Waals surface area contributed by atoms with Gasteiger partial charge in [-0.15, -0.1) is 0 Å². The maximum absolute atomic E-state index is 12.2. The molecule has 0 radical (unpaired) electrons. The predicted molar refractivity (Wildman–Crippen MR) is 124 cm³/mol. The van der Waals surface area contributed by atoms with E-state index in [1.165, 1.54) is 17.8 Å². The summed E-state index contributed by atoms with van der Waals surface area (Å²) in [5, 5.41) is 0.514. The number of H-pyrrole nitrogens is 1. The van der Waals surface area contributed by atoms with Crippen LogP contribution in [0.25, 0.3) is 22.7 Å². The minimum atomic E-state index is -0.215. The minimum absolute atomic E-state index is 0.215. The molecule has 0 bridgehead atoms. The van der Waals surface area contributed by atoms with Crippen molar-refractivity contribution in [2.24, 2.45) is 0 Å². The summed E-state index contributed by atoms with van der Waals surface area (Å²) in [5.41, 5.74) is 2.86. The number of nitrogens with zero attached hydrogens (tertiary/aromatic N) is 2. The van der Waals surface area contributed by atoms with E-state index in [1.807, 2.05) is 62.4 Å². The zero-order chi connectivity index (χ0) is 22.5. The topological polar surface area (TPSA) is 90.2 Å². The summed E-state index contributed by atoms with van der Waals surface area (Å²) < 4.78 is 16.6. The quantitative estimate of drug-likeness (QED) is 0.296. The van der Waals surface area contributed by atoms with Gasteiger partial charge in [0.25, 0.3) is 5.56 Å². The number of ether oxygens (including phenoxy) is 2. The molecule has 0 unspecified atom stereocenters. The normalized spacial score (nSPS) is 10.8. The molecule has 1 N–H and O–H groups in total. The van der Waals surface area contributed by atoms with Crippen LogP contribution < -0.4 is 15.0 Å². The number of oxazole rings is 1. The van der Waals surface area contributed by atoms with E-state index in [-0.39, 0.29) is 5.56 Å². The largest absolute Gasteiger partial charge is 0.497 e. The molecule has 0 aliphatic heterocycles. The molecule has 0 amide bonds. The first-order valence-corrected chi connectivity index (χ1v) is 11.1. The third-order valence-electron chi connectivity index (χ3n) is 4.74. The number of aryl methyl sites for hydroxylation is 1. The Hall–Kier alpha value is -3.52. The standard InChI is InChI=1S/C24H23N3O4S/c1-4-30-18-10-8-16(9-11-18)23-25-21(15(2)31-23)14-32-24-26-20(13-22(28)27-24)17-6-5-7-19(12-17)29-3/h5-13H,4,14H2,1-3H3,(H,26,27,28). The number of aromatic amines is 1. The first-order chi connectivity index (χ1) is 15.6. The van der Waals surface area contributed by atoms with Gasteiger partial charge in [-0.25, -0.2) is 9.97 Å². The molecular weight excluding hydrogens is 426 g/mol. The van der Waals surface area contributed by atoms with E-state index in [9.17, 15) is 4.79 Å². The Morgan fingerprint density at radius 3 is 2.59 bits per heavy atom. The Labute approximate surface area is 189 Å². The van der Waals surface area contributed by atoms with Crippen molar-refractivity contribution in [3.05, 3.63) is 76.4 Å². The smallest absolute Gasteiger partial charge is 0.252 e. The number of benzene rings is 2. The first kappa shape index (κ1) is 21.7. The molecule has 4 aromatic rings. The van der Waals surface area contributed by atoms with Crippen LogP contribution in [0.2, 0.25) is 0 Å². The number of hydrogen-bond donors (Lipinski definition) is 1. The lowest BCUT2D eigenvalue weighted by Crippen LogP contribution is -2.08. The summed E-state index contributed by atoms with van der Waals surface area (Å²) in [6.07, 6.45) is 0. The number of rotatable bonds is 8. The van der Waals surface area contributed by atoms with Crippen LogP contribution in [0.15, 0.2) is 69.0 Å². The van der Waals surface area contributed by atoms with E-state index in [4.69, 9.17) is 13.9 Å². The van der Waals surface area contributed by atoms with Gasteiger partial charge in [0, 0.05) is 22.9 Å². The third kappa shape index (κ3) is 5.03. The van der Waals surface area contributed by atoms with E-state index in [2.05, 4.69) is 15.0 Å². The van der Waals surface area contributed by atoms with Crippen molar-refractivity contribution in [1.82, 2.24) is 15.0 Å². The van der Waals surface area contributed by atoms with Gasteiger partial charge in [-0.2, -0.15) is 0 Å². The van der Waals surface area contributed by atoms with Crippen LogP contribution >= 0.6 is 11.8 Å². The molecule has 7 nitrogen and oxygen atoms in total. The van der Waals surface area contributed by atoms with E-state index < -0.39 is 0 Å². The fourth-order valence-electron chi connectivity index (χ4n) is 3.12. The van der Waals surface area contributed by atoms with Crippen molar-refractivity contribution in [3.8, 4) is 34.2 Å². The summed E-state index contributed by atoms with van der Waals surface area (Å²) in [4.78, 5) is 24.2. The second-order valence-electron chi connectivity index (χ2n) is 6.94. The lowest BCUT2D eigenvalue weighted by Gasteiger charge is -2.06. The highest BCUT2D eigenvalue weighted by atomic mass is 32.2. The molecule has 0 spiro atoms. The van der Waals surface area contributed by atoms with Gasteiger partial charge in [-0.05, 0) is 50.2 Å². The second-order valence-corrected chi connectivity index (χ2v) is 7.90. The molecule has 0 aliphatic rings. The van der Waals surface area contributed by atoms with E-state index in [0.717, 1.165) is 28.3 Å². The molecule has 0 aliphatic carbocycles. The maximum atomic E-state index is 12.2. The summed E-state index contributed by atoms with van der Waals surface area (Å²) >= 11 is 1.40. The monoisotopic (exact) mass is 449 g/mol. The Balaban J connectivity index is 1.51. The summed E-state index contributed by atoms with van der Waals surface area (Å²) in [6, 6.07) is 16.6. The molecule has 2 aromatic carbocycles. The highest BCUT2D eigenvalue weighted by molar-refractivity contribution is 7.98. The Kier molecular flexibility index (Phi) is 6.61. The molecule has 0 atom stereocenters. The van der Waals surface area contributed by atoms with Gasteiger partial charge in [0.2, 0.25) is 5.89 Å². The van der Waals surface area contributed by atoms with Gasteiger partial charge >= 0.3 is 0 Å². The number of aromatic nitrogens is 3. The molecule has 164 valence electrons. The summed E-state index contributed by atoms with van der Waals surface area (Å²) in [7, 11) is 1.60. The Bertz CT molecular complexity index is 1260. The summed E-state index contributed by atoms with van der Waals surface area (Å²) in [6.45, 7) is 4.45. The Morgan fingerprint density at radius 2 is 1.84 bits per heavy atom. The van der Waals surface area contributed by atoms with Crippen molar-refractivity contribution in [2.75, 3.05) is 13.7 Å². The second kappa shape index (κ2) is 9.74. The van der Waals surface area contributed by atoms with Gasteiger partial charge in [0.05, 0.1) is 25.1 Å². The predicted octanol–water partition coefficient (Wildman–Crippen LogP) is 5.10. The van der Waals surface area contributed by atoms with Crippen molar-refractivity contribution in [1.29, 1.82) is 0 Å². The average Bonchev–Trinajstić information content (AvgIpc) is 3.18. The van der Waals surface area contributed by atoms with Crippen LogP contribution in [0.3, 0.4) is 0 Å². The molecule has 4 rings (SSSR count). The van der Waals surface area contributed by atoms with Crippen LogP contribution in [-0.4, -0.2) is 28.7 Å². The van der Waals surface area contributed by atoms with E-state index in [0.29, 0.717) is 34.9 Å². The fraction of sp³-hybridized carbons (Fsp3) is 0.208.